The monoisotopic (exact) mass is 469 g/mol. The van der Waals surface area contributed by atoms with Gasteiger partial charge in [0.2, 0.25) is 5.91 Å². The van der Waals surface area contributed by atoms with Crippen molar-refractivity contribution >= 4 is 40.5 Å². The van der Waals surface area contributed by atoms with Gasteiger partial charge in [0, 0.05) is 53.9 Å². The molecule has 0 bridgehead atoms. The topological polar surface area (TPSA) is 35.6 Å². The van der Waals surface area contributed by atoms with Crippen LogP contribution in [0, 0.1) is 5.82 Å². The van der Waals surface area contributed by atoms with Gasteiger partial charge < -0.3 is 10.2 Å². The van der Waals surface area contributed by atoms with Gasteiger partial charge in [0.05, 0.1) is 5.69 Å². The molecule has 0 saturated carbocycles. The minimum absolute atomic E-state index is 0.0749. The fourth-order valence-electron chi connectivity index (χ4n) is 4.91. The molecule has 164 valence electrons. The van der Waals surface area contributed by atoms with E-state index in [1.165, 1.54) is 6.07 Å². The molecule has 1 N–H and O–H groups in total. The molecule has 1 amide bonds. The fraction of sp³-hybridized carbons (Fsp3) is 0.240. The maximum Gasteiger partial charge on any atom is 0.249 e. The number of nitrogens with zero attached hydrogens (tertiary/aromatic N) is 2. The van der Waals surface area contributed by atoms with E-state index in [2.05, 4.69) is 10.2 Å². The molecule has 4 nitrogen and oxygen atoms in total. The zero-order valence-corrected chi connectivity index (χ0v) is 18.8. The summed E-state index contributed by atoms with van der Waals surface area (Å²) in [7, 11) is 0. The lowest BCUT2D eigenvalue weighted by Crippen LogP contribution is -2.59. The summed E-state index contributed by atoms with van der Waals surface area (Å²) in [6, 6.07) is 20.0. The maximum absolute atomic E-state index is 14.3. The number of carbonyl (C=O) groups is 1. The predicted molar refractivity (Wildman–Crippen MR) is 127 cm³/mol. The van der Waals surface area contributed by atoms with Gasteiger partial charge in [-0.25, -0.2) is 4.39 Å². The molecular weight excluding hydrogens is 448 g/mol. The van der Waals surface area contributed by atoms with Crippen LogP contribution < -0.4 is 10.2 Å². The van der Waals surface area contributed by atoms with Crippen molar-refractivity contribution in [3.63, 3.8) is 0 Å². The van der Waals surface area contributed by atoms with E-state index in [0.717, 1.165) is 16.8 Å². The second kappa shape index (κ2) is 8.39. The Balaban J connectivity index is 1.51. The number of anilines is 2. The highest BCUT2D eigenvalue weighted by molar-refractivity contribution is 6.31. The van der Waals surface area contributed by atoms with E-state index in [1.807, 2.05) is 47.4 Å². The van der Waals surface area contributed by atoms with E-state index < -0.39 is 5.54 Å². The third-order valence-corrected chi connectivity index (χ3v) is 6.88. The smallest absolute Gasteiger partial charge is 0.249 e. The van der Waals surface area contributed by atoms with Gasteiger partial charge in [-0.3, -0.25) is 9.69 Å². The first-order chi connectivity index (χ1) is 15.5. The average Bonchev–Trinajstić information content (AvgIpc) is 3.05. The minimum atomic E-state index is -0.883. The number of amides is 1. The minimum Gasteiger partial charge on any atom is -0.367 e. The molecule has 1 fully saturated rings. The second-order valence-electron chi connectivity index (χ2n) is 8.24. The molecule has 2 heterocycles. The highest BCUT2D eigenvalue weighted by atomic mass is 35.5. The normalized spacial score (nSPS) is 20.8. The van der Waals surface area contributed by atoms with Gasteiger partial charge in [-0.15, -0.1) is 0 Å². The summed E-state index contributed by atoms with van der Waals surface area (Å²) >= 11 is 12.5. The van der Waals surface area contributed by atoms with E-state index in [0.29, 0.717) is 48.3 Å². The highest BCUT2D eigenvalue weighted by Crippen LogP contribution is 2.44. The van der Waals surface area contributed by atoms with Gasteiger partial charge in [-0.05, 0) is 42.0 Å². The molecule has 32 heavy (non-hydrogen) atoms. The highest BCUT2D eigenvalue weighted by Gasteiger charge is 2.51. The van der Waals surface area contributed by atoms with Crippen molar-refractivity contribution in [2.75, 3.05) is 36.4 Å². The van der Waals surface area contributed by atoms with Crippen LogP contribution in [0.1, 0.15) is 11.1 Å². The molecule has 1 unspecified atom stereocenters. The Morgan fingerprint density at radius 1 is 0.906 bits per heavy atom. The summed E-state index contributed by atoms with van der Waals surface area (Å²) in [5.74, 6) is -0.303. The molecule has 0 aliphatic carbocycles. The van der Waals surface area contributed by atoms with Crippen LogP contribution in [0.25, 0.3) is 0 Å². The molecule has 1 atom stereocenters. The van der Waals surface area contributed by atoms with E-state index in [4.69, 9.17) is 23.2 Å². The van der Waals surface area contributed by atoms with Crippen LogP contribution in [0.5, 0.6) is 0 Å². The van der Waals surface area contributed by atoms with Crippen molar-refractivity contribution in [1.29, 1.82) is 0 Å². The molecule has 7 heteroatoms. The number of nitrogens with one attached hydrogen (secondary N) is 1. The van der Waals surface area contributed by atoms with E-state index in [1.54, 1.807) is 18.2 Å². The average molecular weight is 470 g/mol. The number of benzene rings is 3. The number of hydrogen-bond acceptors (Lipinski definition) is 3. The van der Waals surface area contributed by atoms with Crippen molar-refractivity contribution in [3.8, 4) is 0 Å². The van der Waals surface area contributed by atoms with E-state index >= 15 is 0 Å². The van der Waals surface area contributed by atoms with Gasteiger partial charge >= 0.3 is 0 Å². The quantitative estimate of drug-likeness (QED) is 0.559. The summed E-state index contributed by atoms with van der Waals surface area (Å²) < 4.78 is 14.3. The number of halogens is 3. The first kappa shape index (κ1) is 21.3. The number of carbonyl (C=O) groups excluding carboxylic acids is 1. The molecule has 0 spiro atoms. The number of rotatable bonds is 4. The summed E-state index contributed by atoms with van der Waals surface area (Å²) in [5, 5.41) is 4.25. The zero-order chi connectivity index (χ0) is 22.3. The van der Waals surface area contributed by atoms with Gasteiger partial charge in [0.15, 0.2) is 0 Å². The van der Waals surface area contributed by atoms with Crippen LogP contribution in [-0.2, 0) is 16.8 Å². The van der Waals surface area contributed by atoms with Gasteiger partial charge in [0.25, 0.3) is 0 Å². The lowest BCUT2D eigenvalue weighted by molar-refractivity contribution is -0.128. The van der Waals surface area contributed by atoms with Crippen LogP contribution in [0.3, 0.4) is 0 Å². The van der Waals surface area contributed by atoms with Crippen LogP contribution in [0.4, 0.5) is 15.8 Å². The first-order valence-corrected chi connectivity index (χ1v) is 11.3. The van der Waals surface area contributed by atoms with Crippen LogP contribution in [-0.4, -0.2) is 37.0 Å². The van der Waals surface area contributed by atoms with E-state index in [-0.39, 0.29) is 11.7 Å². The maximum atomic E-state index is 14.3. The Morgan fingerprint density at radius 2 is 1.66 bits per heavy atom. The Bertz CT molecular complexity index is 1180. The molecule has 5 rings (SSSR count). The molecular formula is C25H22Cl2FN3O. The Kier molecular flexibility index (Phi) is 5.58. The molecule has 3 aromatic rings. The van der Waals surface area contributed by atoms with Crippen molar-refractivity contribution in [2.45, 2.75) is 12.0 Å². The number of hydrogen-bond donors (Lipinski definition) is 1. The zero-order valence-electron chi connectivity index (χ0n) is 17.3. The second-order valence-corrected chi connectivity index (χ2v) is 9.11. The van der Waals surface area contributed by atoms with Crippen molar-refractivity contribution in [1.82, 2.24) is 4.90 Å². The van der Waals surface area contributed by atoms with Gasteiger partial charge in [0.1, 0.15) is 11.4 Å². The Morgan fingerprint density at radius 3 is 2.41 bits per heavy atom. The van der Waals surface area contributed by atoms with Crippen LogP contribution >= 0.6 is 23.2 Å². The van der Waals surface area contributed by atoms with Crippen molar-refractivity contribution < 1.29 is 9.18 Å². The lowest BCUT2D eigenvalue weighted by Gasteiger charge is -2.45. The standard InChI is InChI=1S/C25H22Cl2FN3O/c26-18-5-3-4-17(14-18)16-25(20-9-8-19(27)15-22(20)29-24(25)32)31-12-10-30(11-13-31)23-7-2-1-6-21(23)28/h1-9,14-15H,10-13,16H2,(H,29,32). The Labute approximate surface area is 196 Å². The molecule has 2 aliphatic heterocycles. The predicted octanol–water partition coefficient (Wildman–Crippen LogP) is 5.34. The summed E-state index contributed by atoms with van der Waals surface area (Å²) in [5.41, 5.74) is 2.34. The SMILES string of the molecule is O=C1Nc2cc(Cl)ccc2C1(Cc1cccc(Cl)c1)N1CCN(c2ccccc2F)CC1. The third kappa shape index (κ3) is 3.64. The van der Waals surface area contributed by atoms with Gasteiger partial charge in [-0.1, -0.05) is 53.5 Å². The fourth-order valence-corrected chi connectivity index (χ4v) is 5.29. The Hall–Kier alpha value is -2.60. The van der Waals surface area contributed by atoms with Crippen molar-refractivity contribution in [3.05, 3.63) is 93.7 Å². The van der Waals surface area contributed by atoms with Crippen LogP contribution in [0.2, 0.25) is 10.0 Å². The summed E-state index contributed by atoms with van der Waals surface area (Å²) in [6.45, 7) is 2.47. The third-order valence-electron chi connectivity index (χ3n) is 6.41. The lowest BCUT2D eigenvalue weighted by atomic mass is 9.82. The number of para-hydroxylation sites is 1. The molecule has 1 saturated heterocycles. The van der Waals surface area contributed by atoms with E-state index in [9.17, 15) is 9.18 Å². The van der Waals surface area contributed by atoms with Crippen LogP contribution in [0.15, 0.2) is 66.7 Å². The number of fused-ring (bicyclic) bond motifs is 1. The largest absolute Gasteiger partial charge is 0.367 e. The molecule has 0 aromatic heterocycles. The number of piperazine rings is 1. The molecule has 2 aliphatic rings. The summed E-state index contributed by atoms with van der Waals surface area (Å²) in [4.78, 5) is 17.8. The molecule has 0 radical (unpaired) electrons. The first-order valence-electron chi connectivity index (χ1n) is 10.6. The summed E-state index contributed by atoms with van der Waals surface area (Å²) in [6.07, 6.45) is 0.480. The van der Waals surface area contributed by atoms with Crippen molar-refractivity contribution in [2.24, 2.45) is 0 Å². The van der Waals surface area contributed by atoms with Gasteiger partial charge in [-0.2, -0.15) is 0 Å². The molecule has 3 aromatic carbocycles.